The van der Waals surface area contributed by atoms with Crippen molar-refractivity contribution in [3.05, 3.63) is 48.0 Å². The third kappa shape index (κ3) is 3.73. The summed E-state index contributed by atoms with van der Waals surface area (Å²) >= 11 is 0. The summed E-state index contributed by atoms with van der Waals surface area (Å²) in [6.07, 6.45) is -0.304. The molecule has 2 aromatic heterocycles. The number of aromatic nitrogens is 5. The fourth-order valence-corrected chi connectivity index (χ4v) is 3.60. The topological polar surface area (TPSA) is 127 Å². The van der Waals surface area contributed by atoms with E-state index in [1.807, 2.05) is 36.7 Å². The summed E-state index contributed by atoms with van der Waals surface area (Å²) in [6.45, 7) is 4.08. The van der Waals surface area contributed by atoms with Crippen LogP contribution < -0.4 is 0 Å². The van der Waals surface area contributed by atoms with Gasteiger partial charge >= 0.3 is 7.60 Å². The highest BCUT2D eigenvalue weighted by Crippen LogP contribution is 2.39. The average Bonchev–Trinajstić information content (AvgIpc) is 3.27. The zero-order valence-electron chi connectivity index (χ0n) is 15.2. The van der Waals surface area contributed by atoms with Crippen molar-refractivity contribution in [3.63, 3.8) is 0 Å². The molecule has 0 saturated heterocycles. The van der Waals surface area contributed by atoms with Crippen molar-refractivity contribution < 1.29 is 18.9 Å². The maximum Gasteiger partial charge on any atom is 0.329 e. The van der Waals surface area contributed by atoms with E-state index in [-0.39, 0.29) is 12.2 Å². The highest BCUT2D eigenvalue weighted by molar-refractivity contribution is 7.50. The highest BCUT2D eigenvalue weighted by Gasteiger charge is 2.16. The normalized spacial score (nSPS) is 12.2. The van der Waals surface area contributed by atoms with E-state index in [9.17, 15) is 4.57 Å². The first-order chi connectivity index (χ1) is 13.3. The zero-order chi connectivity index (χ0) is 19.9. The Hall–Kier alpha value is -2.87. The van der Waals surface area contributed by atoms with Gasteiger partial charge in [-0.3, -0.25) is 4.57 Å². The maximum absolute atomic E-state index is 11.1. The van der Waals surface area contributed by atoms with Crippen LogP contribution in [0.5, 0.6) is 0 Å². The molecule has 144 valence electrons. The molecule has 2 heterocycles. The summed E-state index contributed by atoms with van der Waals surface area (Å²) in [6, 6.07) is 12.5. The molecule has 0 radical (unpaired) electrons. The lowest BCUT2D eigenvalue weighted by atomic mass is 10.1. The van der Waals surface area contributed by atoms with Crippen LogP contribution in [0.25, 0.3) is 33.9 Å². The van der Waals surface area contributed by atoms with Crippen molar-refractivity contribution >= 4 is 18.6 Å². The Balaban J connectivity index is 1.60. The van der Waals surface area contributed by atoms with Gasteiger partial charge in [-0.1, -0.05) is 34.6 Å². The lowest BCUT2D eigenvalue weighted by molar-refractivity contribution is 0.371. The van der Waals surface area contributed by atoms with E-state index >= 15 is 0 Å². The van der Waals surface area contributed by atoms with Gasteiger partial charge in [0.1, 0.15) is 5.52 Å². The maximum atomic E-state index is 11.1. The molecule has 2 aromatic carbocycles. The largest absolute Gasteiger partial charge is 0.334 e. The predicted octanol–water partition coefficient (Wildman–Crippen LogP) is 3.41. The quantitative estimate of drug-likeness (QED) is 0.489. The van der Waals surface area contributed by atoms with Gasteiger partial charge in [0, 0.05) is 17.2 Å². The third-order valence-corrected chi connectivity index (χ3v) is 5.01. The van der Waals surface area contributed by atoms with Gasteiger partial charge in [0.15, 0.2) is 0 Å². The van der Waals surface area contributed by atoms with Crippen molar-refractivity contribution in [3.8, 4) is 22.8 Å². The standard InChI is InChI=1S/C18H18N5O4P/c1-11(2)23-16-8-7-14(9-15(16)20-22-23)18-19-17(21-27-18)13-5-3-12(4-6-13)10-28(24,25)26/h3-9,11H,10H2,1-2H3,(H2,24,25,26). The first-order valence-electron chi connectivity index (χ1n) is 8.63. The average molecular weight is 399 g/mol. The Labute approximate surface area is 160 Å². The monoisotopic (exact) mass is 399 g/mol. The first kappa shape index (κ1) is 18.5. The molecule has 0 fully saturated rings. The predicted molar refractivity (Wildman–Crippen MR) is 102 cm³/mol. The van der Waals surface area contributed by atoms with Crippen LogP contribution >= 0.6 is 7.60 Å². The van der Waals surface area contributed by atoms with Crippen molar-refractivity contribution in [2.75, 3.05) is 0 Å². The SMILES string of the molecule is CC(C)n1nnc2cc(-c3nc(-c4ccc(CP(=O)(O)O)cc4)no3)ccc21. The smallest absolute Gasteiger partial charge is 0.329 e. The van der Waals surface area contributed by atoms with E-state index < -0.39 is 7.60 Å². The lowest BCUT2D eigenvalue weighted by Crippen LogP contribution is -2.02. The third-order valence-electron chi connectivity index (χ3n) is 4.23. The Morgan fingerprint density at radius 3 is 2.50 bits per heavy atom. The number of hydrogen-bond donors (Lipinski definition) is 2. The summed E-state index contributed by atoms with van der Waals surface area (Å²) in [7, 11) is -4.10. The fraction of sp³-hybridized carbons (Fsp3) is 0.222. The molecular formula is C18H18N5O4P. The molecule has 0 aliphatic rings. The van der Waals surface area contributed by atoms with Crippen LogP contribution in [0.4, 0.5) is 0 Å². The molecule has 0 amide bonds. The minimum Gasteiger partial charge on any atom is -0.334 e. The zero-order valence-corrected chi connectivity index (χ0v) is 16.1. The summed E-state index contributed by atoms with van der Waals surface area (Å²) in [5.74, 6) is 0.749. The molecule has 0 spiro atoms. The molecule has 4 aromatic rings. The molecule has 0 atom stereocenters. The van der Waals surface area contributed by atoms with Gasteiger partial charge in [-0.2, -0.15) is 4.98 Å². The van der Waals surface area contributed by atoms with E-state index in [1.54, 1.807) is 24.3 Å². The molecule has 10 heteroatoms. The second-order valence-corrected chi connectivity index (χ2v) is 8.42. The second kappa shape index (κ2) is 6.94. The fourth-order valence-electron chi connectivity index (χ4n) is 2.91. The van der Waals surface area contributed by atoms with Crippen LogP contribution in [0.2, 0.25) is 0 Å². The Bertz CT molecular complexity index is 1180. The van der Waals surface area contributed by atoms with E-state index in [0.717, 1.165) is 16.6 Å². The minimum absolute atomic E-state index is 0.208. The summed E-state index contributed by atoms with van der Waals surface area (Å²) in [5, 5.41) is 12.3. The first-order valence-corrected chi connectivity index (χ1v) is 10.4. The molecule has 0 saturated carbocycles. The Kier molecular flexibility index (Phi) is 4.58. The van der Waals surface area contributed by atoms with Gasteiger partial charge in [0.25, 0.3) is 5.89 Å². The van der Waals surface area contributed by atoms with Gasteiger partial charge in [-0.25, -0.2) is 4.68 Å². The molecule has 0 aliphatic carbocycles. The Morgan fingerprint density at radius 1 is 1.11 bits per heavy atom. The molecule has 9 nitrogen and oxygen atoms in total. The molecular weight excluding hydrogens is 381 g/mol. The van der Waals surface area contributed by atoms with Crippen LogP contribution in [-0.4, -0.2) is 34.9 Å². The van der Waals surface area contributed by atoms with Gasteiger partial charge in [0.05, 0.1) is 11.7 Å². The van der Waals surface area contributed by atoms with E-state index in [4.69, 9.17) is 14.3 Å². The van der Waals surface area contributed by atoms with E-state index in [2.05, 4.69) is 20.5 Å². The number of nitrogens with zero attached hydrogens (tertiary/aromatic N) is 5. The summed E-state index contributed by atoms with van der Waals surface area (Å²) in [5.41, 5.74) is 3.64. The van der Waals surface area contributed by atoms with Crippen molar-refractivity contribution in [2.24, 2.45) is 0 Å². The summed E-state index contributed by atoms with van der Waals surface area (Å²) < 4.78 is 18.3. The number of benzene rings is 2. The van der Waals surface area contributed by atoms with Gasteiger partial charge in [-0.15, -0.1) is 5.10 Å². The van der Waals surface area contributed by atoms with Crippen LogP contribution in [0.1, 0.15) is 25.5 Å². The molecule has 0 unspecified atom stereocenters. The van der Waals surface area contributed by atoms with Crippen molar-refractivity contribution in [1.82, 2.24) is 25.1 Å². The van der Waals surface area contributed by atoms with Crippen molar-refractivity contribution in [1.29, 1.82) is 0 Å². The van der Waals surface area contributed by atoms with Crippen LogP contribution in [0, 0.1) is 0 Å². The van der Waals surface area contributed by atoms with Crippen LogP contribution in [0.15, 0.2) is 47.0 Å². The van der Waals surface area contributed by atoms with Gasteiger partial charge in [-0.05, 0) is 37.6 Å². The van der Waals surface area contributed by atoms with E-state index in [1.165, 1.54) is 0 Å². The van der Waals surface area contributed by atoms with Crippen LogP contribution in [-0.2, 0) is 10.7 Å². The lowest BCUT2D eigenvalue weighted by Gasteiger charge is -2.04. The number of fused-ring (bicyclic) bond motifs is 1. The molecule has 0 aliphatic heterocycles. The second-order valence-electron chi connectivity index (χ2n) is 6.77. The molecule has 4 rings (SSSR count). The summed E-state index contributed by atoms with van der Waals surface area (Å²) in [4.78, 5) is 22.5. The van der Waals surface area contributed by atoms with Gasteiger partial charge < -0.3 is 14.3 Å². The Morgan fingerprint density at radius 2 is 1.82 bits per heavy atom. The highest BCUT2D eigenvalue weighted by atomic mass is 31.2. The van der Waals surface area contributed by atoms with Crippen LogP contribution in [0.3, 0.4) is 0 Å². The van der Waals surface area contributed by atoms with E-state index in [0.29, 0.717) is 22.8 Å². The number of rotatable bonds is 5. The minimum atomic E-state index is -4.10. The molecule has 28 heavy (non-hydrogen) atoms. The van der Waals surface area contributed by atoms with Gasteiger partial charge in [0.2, 0.25) is 5.82 Å². The molecule has 0 bridgehead atoms. The number of hydrogen-bond acceptors (Lipinski definition) is 6. The van der Waals surface area contributed by atoms with Crippen molar-refractivity contribution in [2.45, 2.75) is 26.1 Å². The molecule has 2 N–H and O–H groups in total.